The van der Waals surface area contributed by atoms with Crippen molar-refractivity contribution in [2.24, 2.45) is 0 Å². The number of rotatable bonds is 9. The molecule has 0 aliphatic carbocycles. The Labute approximate surface area is 161 Å². The summed E-state index contributed by atoms with van der Waals surface area (Å²) in [6.45, 7) is 7.07. The number of hydrogen-bond donors (Lipinski definition) is 2. The molecule has 26 heavy (non-hydrogen) atoms. The van der Waals surface area contributed by atoms with Gasteiger partial charge >= 0.3 is 5.97 Å². The summed E-state index contributed by atoms with van der Waals surface area (Å²) in [5, 5.41) is 6.71. The van der Waals surface area contributed by atoms with Crippen LogP contribution in [0.1, 0.15) is 58.1 Å². The van der Waals surface area contributed by atoms with Gasteiger partial charge in [-0.3, -0.25) is 0 Å². The van der Waals surface area contributed by atoms with Gasteiger partial charge < -0.3 is 20.1 Å². The molecule has 0 unspecified atom stereocenters. The molecule has 1 aliphatic heterocycles. The molecule has 1 heterocycles. The van der Waals surface area contributed by atoms with Crippen LogP contribution in [-0.4, -0.2) is 24.3 Å². The molecule has 1 aromatic rings. The number of esters is 1. The van der Waals surface area contributed by atoms with Crippen LogP contribution in [0.2, 0.25) is 0 Å². The maximum Gasteiger partial charge on any atom is 0.338 e. The zero-order valence-electron chi connectivity index (χ0n) is 15.8. The number of thiocarbonyl (C=S) groups is 1. The Morgan fingerprint density at radius 3 is 2.65 bits per heavy atom. The Balaban J connectivity index is 2.28. The van der Waals surface area contributed by atoms with Crippen LogP contribution < -0.4 is 15.4 Å². The minimum atomic E-state index is -0.393. The lowest BCUT2D eigenvalue weighted by Gasteiger charge is -2.30. The third kappa shape index (κ3) is 5.21. The lowest BCUT2D eigenvalue weighted by Crippen LogP contribution is -2.45. The lowest BCUT2D eigenvalue weighted by molar-refractivity contribution is -0.139. The quantitative estimate of drug-likeness (QED) is 0.386. The number of hydrogen-bond acceptors (Lipinski definition) is 4. The van der Waals surface area contributed by atoms with E-state index in [2.05, 4.69) is 24.5 Å². The van der Waals surface area contributed by atoms with Gasteiger partial charge in [0.05, 0.1) is 24.8 Å². The second-order valence-electron chi connectivity index (χ2n) is 6.30. The van der Waals surface area contributed by atoms with E-state index >= 15 is 0 Å². The van der Waals surface area contributed by atoms with Gasteiger partial charge in [0, 0.05) is 11.3 Å². The topological polar surface area (TPSA) is 59.6 Å². The monoisotopic (exact) mass is 376 g/mol. The van der Waals surface area contributed by atoms with Gasteiger partial charge in [0.2, 0.25) is 0 Å². The van der Waals surface area contributed by atoms with Gasteiger partial charge in [-0.15, -0.1) is 0 Å². The van der Waals surface area contributed by atoms with Crippen LogP contribution in [0.15, 0.2) is 35.5 Å². The normalized spacial score (nSPS) is 16.7. The molecule has 0 fully saturated rings. The zero-order valence-corrected chi connectivity index (χ0v) is 16.6. The summed E-state index contributed by atoms with van der Waals surface area (Å²) >= 11 is 5.30. The summed E-state index contributed by atoms with van der Waals surface area (Å²) in [6.07, 6.45) is 3.91. The number of carbonyl (C=O) groups is 1. The summed E-state index contributed by atoms with van der Waals surface area (Å²) in [5.41, 5.74) is 2.14. The first-order valence-electron chi connectivity index (χ1n) is 9.25. The third-order valence-electron chi connectivity index (χ3n) is 4.16. The molecule has 0 spiro atoms. The van der Waals surface area contributed by atoms with Crippen LogP contribution >= 0.6 is 12.2 Å². The molecule has 1 aromatic carbocycles. The third-order valence-corrected chi connectivity index (χ3v) is 4.38. The fourth-order valence-corrected chi connectivity index (χ4v) is 3.13. The van der Waals surface area contributed by atoms with E-state index in [0.717, 1.165) is 37.0 Å². The van der Waals surface area contributed by atoms with Gasteiger partial charge in [-0.25, -0.2) is 4.79 Å². The maximum atomic E-state index is 12.7. The smallest absolute Gasteiger partial charge is 0.338 e. The summed E-state index contributed by atoms with van der Waals surface area (Å²) in [5.74, 6) is 0.428. The zero-order chi connectivity index (χ0) is 18.9. The van der Waals surface area contributed by atoms with E-state index in [0.29, 0.717) is 29.6 Å². The van der Waals surface area contributed by atoms with Crippen LogP contribution in [0, 0.1) is 0 Å². The van der Waals surface area contributed by atoms with Crippen molar-refractivity contribution in [3.05, 3.63) is 41.1 Å². The van der Waals surface area contributed by atoms with Crippen molar-refractivity contribution >= 4 is 23.3 Å². The van der Waals surface area contributed by atoms with Crippen molar-refractivity contribution in [3.63, 3.8) is 0 Å². The van der Waals surface area contributed by atoms with E-state index < -0.39 is 6.04 Å². The van der Waals surface area contributed by atoms with Crippen LogP contribution in [0.25, 0.3) is 0 Å². The fraction of sp³-hybridized carbons (Fsp3) is 0.500. The summed E-state index contributed by atoms with van der Waals surface area (Å²) in [7, 11) is 0. The highest BCUT2D eigenvalue weighted by Gasteiger charge is 2.32. The first kappa shape index (κ1) is 20.2. The molecule has 0 saturated carbocycles. The average Bonchev–Trinajstić information content (AvgIpc) is 2.63. The van der Waals surface area contributed by atoms with Gasteiger partial charge in [0.15, 0.2) is 5.11 Å². The Bertz CT molecular complexity index is 673. The maximum absolute atomic E-state index is 12.7. The standard InChI is InChI=1S/C20H28N2O3S/c1-4-6-9-13-25-19(23)17-14(3)21-20(26)22-18(17)15-10-7-8-11-16(15)24-12-5-2/h7-8,10-11,18H,4-6,9,12-13H2,1-3H3,(H2,21,22,26)/t18-/m0/s1. The first-order valence-corrected chi connectivity index (χ1v) is 9.66. The SMILES string of the molecule is CCCCCOC(=O)C1=C(C)NC(=S)N[C@H]1c1ccccc1OCCC. The molecule has 0 bridgehead atoms. The Hall–Kier alpha value is -2.08. The lowest BCUT2D eigenvalue weighted by atomic mass is 9.95. The van der Waals surface area contributed by atoms with Gasteiger partial charge in [0.1, 0.15) is 5.75 Å². The predicted molar refractivity (Wildman–Crippen MR) is 107 cm³/mol. The first-order chi connectivity index (χ1) is 12.6. The number of allylic oxidation sites excluding steroid dienone is 1. The Morgan fingerprint density at radius 1 is 1.15 bits per heavy atom. The van der Waals surface area contributed by atoms with Gasteiger partial charge in [-0.2, -0.15) is 0 Å². The van der Waals surface area contributed by atoms with Crippen molar-refractivity contribution in [1.82, 2.24) is 10.6 Å². The van der Waals surface area contributed by atoms with Crippen molar-refractivity contribution in [3.8, 4) is 5.75 Å². The van der Waals surface area contributed by atoms with Crippen LogP contribution in [0.3, 0.4) is 0 Å². The van der Waals surface area contributed by atoms with E-state index in [4.69, 9.17) is 21.7 Å². The van der Waals surface area contributed by atoms with Crippen molar-refractivity contribution in [2.75, 3.05) is 13.2 Å². The Morgan fingerprint density at radius 2 is 1.92 bits per heavy atom. The highest BCUT2D eigenvalue weighted by atomic mass is 32.1. The molecule has 1 atom stereocenters. The van der Waals surface area contributed by atoms with E-state index in [1.54, 1.807) is 0 Å². The molecule has 142 valence electrons. The second-order valence-corrected chi connectivity index (χ2v) is 6.71. The average molecular weight is 377 g/mol. The fourth-order valence-electron chi connectivity index (χ4n) is 2.85. The molecule has 0 amide bonds. The summed E-state index contributed by atoms with van der Waals surface area (Å²) < 4.78 is 11.4. The second kappa shape index (κ2) is 10.2. The van der Waals surface area contributed by atoms with Crippen LogP contribution in [0.5, 0.6) is 5.75 Å². The molecule has 0 radical (unpaired) electrons. The predicted octanol–water partition coefficient (Wildman–Crippen LogP) is 4.00. The van der Waals surface area contributed by atoms with Crippen molar-refractivity contribution in [2.45, 2.75) is 52.5 Å². The summed E-state index contributed by atoms with van der Waals surface area (Å²) in [6, 6.07) is 7.33. The molecule has 6 heteroatoms. The Kier molecular flexibility index (Phi) is 7.91. The minimum absolute atomic E-state index is 0.323. The number of carbonyl (C=O) groups excluding carboxylic acids is 1. The van der Waals surface area contributed by atoms with E-state index in [1.165, 1.54) is 0 Å². The number of para-hydroxylation sites is 1. The molecular weight excluding hydrogens is 348 g/mol. The molecular formula is C20H28N2O3S. The molecule has 1 aliphatic rings. The molecule has 2 rings (SSSR count). The van der Waals surface area contributed by atoms with Gasteiger partial charge in [-0.1, -0.05) is 44.9 Å². The number of benzene rings is 1. The molecule has 5 nitrogen and oxygen atoms in total. The summed E-state index contributed by atoms with van der Waals surface area (Å²) in [4.78, 5) is 12.7. The number of ether oxygens (including phenoxy) is 2. The highest BCUT2D eigenvalue weighted by molar-refractivity contribution is 7.80. The van der Waals surface area contributed by atoms with Crippen molar-refractivity contribution in [1.29, 1.82) is 0 Å². The number of nitrogens with one attached hydrogen (secondary N) is 2. The van der Waals surface area contributed by atoms with Gasteiger partial charge in [0.25, 0.3) is 0 Å². The largest absolute Gasteiger partial charge is 0.493 e. The molecule has 0 saturated heterocycles. The van der Waals surface area contributed by atoms with E-state index in [1.807, 2.05) is 31.2 Å². The van der Waals surface area contributed by atoms with Crippen LogP contribution in [0.4, 0.5) is 0 Å². The van der Waals surface area contributed by atoms with E-state index in [9.17, 15) is 4.79 Å². The highest BCUT2D eigenvalue weighted by Crippen LogP contribution is 2.33. The molecule has 2 N–H and O–H groups in total. The van der Waals surface area contributed by atoms with Crippen molar-refractivity contribution < 1.29 is 14.3 Å². The van der Waals surface area contributed by atoms with Crippen LogP contribution in [-0.2, 0) is 9.53 Å². The van der Waals surface area contributed by atoms with E-state index in [-0.39, 0.29) is 5.97 Å². The van der Waals surface area contributed by atoms with Gasteiger partial charge in [-0.05, 0) is 38.0 Å². The molecule has 0 aromatic heterocycles. The minimum Gasteiger partial charge on any atom is -0.493 e. The number of unbranched alkanes of at least 4 members (excludes halogenated alkanes) is 2.